The molecule has 3 rings (SSSR count). The molecule has 1 aromatic carbocycles. The highest BCUT2D eigenvalue weighted by atomic mass is 16.2. The standard InChI is InChI=1S/C19H22N4O/c1-5-16-18(23-11-10-13(2)12-17(23)21-16)19(24)20-14-6-8-15(9-7-14)22(3)4/h6-12H,5H2,1-4H3,(H,20,24). The molecule has 0 unspecified atom stereocenters. The van der Waals surface area contributed by atoms with Crippen LogP contribution in [0.2, 0.25) is 0 Å². The summed E-state index contributed by atoms with van der Waals surface area (Å²) in [6.07, 6.45) is 2.62. The van der Waals surface area contributed by atoms with Gasteiger partial charge in [0.2, 0.25) is 0 Å². The molecule has 0 saturated heterocycles. The molecular formula is C19H22N4O. The van der Waals surface area contributed by atoms with Gasteiger partial charge in [-0.15, -0.1) is 0 Å². The molecule has 0 spiro atoms. The number of nitrogens with zero attached hydrogens (tertiary/aromatic N) is 3. The minimum atomic E-state index is -0.138. The molecule has 0 atom stereocenters. The predicted molar refractivity (Wildman–Crippen MR) is 98.0 cm³/mol. The monoisotopic (exact) mass is 322 g/mol. The Morgan fingerprint density at radius 2 is 1.92 bits per heavy atom. The number of hydrogen-bond acceptors (Lipinski definition) is 3. The molecule has 0 fully saturated rings. The first-order chi connectivity index (χ1) is 11.5. The Bertz CT molecular complexity index is 878. The van der Waals surface area contributed by atoms with Gasteiger partial charge in [-0.25, -0.2) is 4.98 Å². The second-order valence-corrected chi connectivity index (χ2v) is 6.09. The fourth-order valence-electron chi connectivity index (χ4n) is 2.72. The number of amides is 1. The van der Waals surface area contributed by atoms with Crippen LogP contribution in [0.3, 0.4) is 0 Å². The molecule has 2 heterocycles. The van der Waals surface area contributed by atoms with Crippen LogP contribution in [0.4, 0.5) is 11.4 Å². The van der Waals surface area contributed by atoms with E-state index >= 15 is 0 Å². The van der Waals surface area contributed by atoms with Gasteiger partial charge in [-0.05, 0) is 55.3 Å². The zero-order valence-corrected chi connectivity index (χ0v) is 14.5. The summed E-state index contributed by atoms with van der Waals surface area (Å²) in [6, 6.07) is 11.7. The molecule has 1 N–H and O–H groups in total. The van der Waals surface area contributed by atoms with Crippen molar-refractivity contribution in [2.24, 2.45) is 0 Å². The van der Waals surface area contributed by atoms with Crippen molar-refractivity contribution in [2.75, 3.05) is 24.3 Å². The summed E-state index contributed by atoms with van der Waals surface area (Å²) in [5.41, 5.74) is 5.20. The highest BCUT2D eigenvalue weighted by Gasteiger charge is 2.18. The number of aryl methyl sites for hydroxylation is 2. The smallest absolute Gasteiger partial charge is 0.274 e. The lowest BCUT2D eigenvalue weighted by Crippen LogP contribution is -2.16. The number of anilines is 2. The van der Waals surface area contributed by atoms with Crippen molar-refractivity contribution < 1.29 is 4.79 Å². The third-order valence-corrected chi connectivity index (χ3v) is 4.05. The number of carbonyl (C=O) groups excluding carboxylic acids is 1. The summed E-state index contributed by atoms with van der Waals surface area (Å²) in [5.74, 6) is -0.138. The summed E-state index contributed by atoms with van der Waals surface area (Å²) >= 11 is 0. The predicted octanol–water partition coefficient (Wildman–Crippen LogP) is 3.52. The van der Waals surface area contributed by atoms with E-state index in [0.29, 0.717) is 12.1 Å². The van der Waals surface area contributed by atoms with Crippen LogP contribution in [0.1, 0.15) is 28.7 Å². The molecule has 0 aliphatic heterocycles. The van der Waals surface area contributed by atoms with E-state index in [1.807, 2.05) is 79.8 Å². The molecule has 0 aliphatic rings. The van der Waals surface area contributed by atoms with E-state index in [2.05, 4.69) is 10.3 Å². The summed E-state index contributed by atoms with van der Waals surface area (Å²) < 4.78 is 1.86. The van der Waals surface area contributed by atoms with E-state index < -0.39 is 0 Å². The zero-order chi connectivity index (χ0) is 17.3. The normalized spacial score (nSPS) is 10.8. The summed E-state index contributed by atoms with van der Waals surface area (Å²) in [5, 5.41) is 2.97. The average Bonchev–Trinajstić information content (AvgIpc) is 2.92. The van der Waals surface area contributed by atoms with Gasteiger partial charge in [-0.3, -0.25) is 9.20 Å². The molecule has 124 valence electrons. The van der Waals surface area contributed by atoms with E-state index in [-0.39, 0.29) is 5.91 Å². The molecule has 0 bridgehead atoms. The molecular weight excluding hydrogens is 300 g/mol. The average molecular weight is 322 g/mol. The van der Waals surface area contributed by atoms with Gasteiger partial charge in [-0.2, -0.15) is 0 Å². The van der Waals surface area contributed by atoms with Crippen molar-refractivity contribution >= 4 is 22.9 Å². The van der Waals surface area contributed by atoms with Crippen molar-refractivity contribution in [3.63, 3.8) is 0 Å². The van der Waals surface area contributed by atoms with Crippen molar-refractivity contribution in [1.29, 1.82) is 0 Å². The van der Waals surface area contributed by atoms with Crippen LogP contribution < -0.4 is 10.2 Å². The second-order valence-electron chi connectivity index (χ2n) is 6.09. The Hall–Kier alpha value is -2.82. The van der Waals surface area contributed by atoms with Crippen LogP contribution in [0.25, 0.3) is 5.65 Å². The fraction of sp³-hybridized carbons (Fsp3) is 0.263. The van der Waals surface area contributed by atoms with Crippen LogP contribution in [-0.2, 0) is 6.42 Å². The van der Waals surface area contributed by atoms with Crippen LogP contribution in [0.5, 0.6) is 0 Å². The second kappa shape index (κ2) is 6.35. The maximum Gasteiger partial charge on any atom is 0.274 e. The molecule has 0 radical (unpaired) electrons. The van der Waals surface area contributed by atoms with Crippen molar-refractivity contribution in [2.45, 2.75) is 20.3 Å². The maximum absolute atomic E-state index is 12.8. The SMILES string of the molecule is CCc1nc2cc(C)ccn2c1C(=O)Nc1ccc(N(C)C)cc1. The molecule has 24 heavy (non-hydrogen) atoms. The number of imidazole rings is 1. The molecule has 1 amide bonds. The van der Waals surface area contributed by atoms with Crippen LogP contribution in [0.15, 0.2) is 42.6 Å². The van der Waals surface area contributed by atoms with Gasteiger partial charge in [-0.1, -0.05) is 6.92 Å². The van der Waals surface area contributed by atoms with E-state index in [4.69, 9.17) is 0 Å². The van der Waals surface area contributed by atoms with Gasteiger partial charge >= 0.3 is 0 Å². The quantitative estimate of drug-likeness (QED) is 0.799. The molecule has 3 aromatic rings. The van der Waals surface area contributed by atoms with Crippen molar-refractivity contribution in [1.82, 2.24) is 9.38 Å². The van der Waals surface area contributed by atoms with E-state index in [1.54, 1.807) is 0 Å². The minimum absolute atomic E-state index is 0.138. The third kappa shape index (κ3) is 2.97. The first-order valence-corrected chi connectivity index (χ1v) is 8.06. The molecule has 0 saturated carbocycles. The number of nitrogens with one attached hydrogen (secondary N) is 1. The first kappa shape index (κ1) is 16.1. The lowest BCUT2D eigenvalue weighted by atomic mass is 10.2. The van der Waals surface area contributed by atoms with Gasteiger partial charge in [0, 0.05) is 31.7 Å². The minimum Gasteiger partial charge on any atom is -0.378 e. The van der Waals surface area contributed by atoms with Crippen LogP contribution >= 0.6 is 0 Å². The number of hydrogen-bond donors (Lipinski definition) is 1. The van der Waals surface area contributed by atoms with Gasteiger partial charge in [0.1, 0.15) is 11.3 Å². The van der Waals surface area contributed by atoms with Gasteiger partial charge in [0.15, 0.2) is 0 Å². The number of benzene rings is 1. The summed E-state index contributed by atoms with van der Waals surface area (Å²) in [7, 11) is 3.98. The Labute approximate surface area is 141 Å². The van der Waals surface area contributed by atoms with Crippen LogP contribution in [-0.4, -0.2) is 29.4 Å². The van der Waals surface area contributed by atoms with Gasteiger partial charge in [0.05, 0.1) is 5.69 Å². The first-order valence-electron chi connectivity index (χ1n) is 8.06. The van der Waals surface area contributed by atoms with Gasteiger partial charge in [0.25, 0.3) is 5.91 Å². The van der Waals surface area contributed by atoms with Crippen LogP contribution in [0, 0.1) is 6.92 Å². The zero-order valence-electron chi connectivity index (χ0n) is 14.5. The number of rotatable bonds is 4. The lowest BCUT2D eigenvalue weighted by molar-refractivity contribution is 0.102. The molecule has 5 heteroatoms. The largest absolute Gasteiger partial charge is 0.378 e. The third-order valence-electron chi connectivity index (χ3n) is 4.05. The fourth-order valence-corrected chi connectivity index (χ4v) is 2.72. The van der Waals surface area contributed by atoms with Gasteiger partial charge < -0.3 is 10.2 Å². The Morgan fingerprint density at radius 1 is 1.21 bits per heavy atom. The summed E-state index contributed by atoms with van der Waals surface area (Å²) in [6.45, 7) is 4.03. The Kier molecular flexibility index (Phi) is 4.25. The van der Waals surface area contributed by atoms with E-state index in [0.717, 1.165) is 28.3 Å². The Balaban J connectivity index is 1.93. The highest BCUT2D eigenvalue weighted by molar-refractivity contribution is 6.04. The maximum atomic E-state index is 12.8. The molecule has 2 aromatic heterocycles. The van der Waals surface area contributed by atoms with Crippen molar-refractivity contribution in [3.8, 4) is 0 Å². The number of aromatic nitrogens is 2. The molecule has 5 nitrogen and oxygen atoms in total. The topological polar surface area (TPSA) is 49.6 Å². The number of fused-ring (bicyclic) bond motifs is 1. The molecule has 0 aliphatic carbocycles. The highest BCUT2D eigenvalue weighted by Crippen LogP contribution is 2.19. The lowest BCUT2D eigenvalue weighted by Gasteiger charge is -2.13. The summed E-state index contributed by atoms with van der Waals surface area (Å²) in [4.78, 5) is 19.4. The number of carbonyl (C=O) groups is 1. The Morgan fingerprint density at radius 3 is 2.54 bits per heavy atom. The van der Waals surface area contributed by atoms with E-state index in [1.165, 1.54) is 0 Å². The van der Waals surface area contributed by atoms with Crippen molar-refractivity contribution in [3.05, 3.63) is 59.5 Å². The van der Waals surface area contributed by atoms with E-state index in [9.17, 15) is 4.79 Å². The number of pyridine rings is 1.